The predicted octanol–water partition coefficient (Wildman–Crippen LogP) is 2.27. The van der Waals surface area contributed by atoms with Crippen LogP contribution >= 0.6 is 0 Å². The number of hydrogen-bond acceptors (Lipinski definition) is 4. The fraction of sp³-hybridized carbons (Fsp3) is 0.714. The molecule has 1 N–H and O–H groups in total. The second kappa shape index (κ2) is 6.14. The zero-order valence-corrected chi connectivity index (χ0v) is 11.7. The lowest BCUT2D eigenvalue weighted by Gasteiger charge is -2.30. The molecule has 0 aliphatic carbocycles. The van der Waals surface area contributed by atoms with Gasteiger partial charge in [-0.15, -0.1) is 0 Å². The number of rotatable bonds is 3. The van der Waals surface area contributed by atoms with Gasteiger partial charge in [-0.05, 0) is 33.7 Å². The van der Waals surface area contributed by atoms with E-state index in [-0.39, 0.29) is 0 Å². The molecule has 4 nitrogen and oxygen atoms in total. The molecule has 1 aromatic rings. The molecule has 2 rings (SSSR count). The van der Waals surface area contributed by atoms with Gasteiger partial charge in [-0.1, -0.05) is 12.8 Å². The van der Waals surface area contributed by atoms with Gasteiger partial charge in [0, 0.05) is 30.9 Å². The fourth-order valence-corrected chi connectivity index (χ4v) is 2.64. The van der Waals surface area contributed by atoms with Gasteiger partial charge in [-0.25, -0.2) is 9.97 Å². The van der Waals surface area contributed by atoms with Crippen LogP contribution in [0.1, 0.15) is 44.0 Å². The van der Waals surface area contributed by atoms with E-state index in [2.05, 4.69) is 27.1 Å². The monoisotopic (exact) mass is 248 g/mol. The molecule has 1 atom stereocenters. The third-order valence-electron chi connectivity index (χ3n) is 3.65. The van der Waals surface area contributed by atoms with Crippen molar-refractivity contribution in [2.75, 3.05) is 18.5 Å². The lowest BCUT2D eigenvalue weighted by molar-refractivity contribution is 0.605. The van der Waals surface area contributed by atoms with E-state index < -0.39 is 0 Å². The van der Waals surface area contributed by atoms with Crippen molar-refractivity contribution in [3.63, 3.8) is 0 Å². The second-order valence-corrected chi connectivity index (χ2v) is 5.19. The van der Waals surface area contributed by atoms with Crippen LogP contribution in [0, 0.1) is 6.92 Å². The van der Waals surface area contributed by atoms with Crippen molar-refractivity contribution < 1.29 is 0 Å². The minimum absolute atomic E-state index is 0.581. The van der Waals surface area contributed by atoms with E-state index in [0.29, 0.717) is 6.04 Å². The summed E-state index contributed by atoms with van der Waals surface area (Å²) in [6.07, 6.45) is 7.18. The second-order valence-electron chi connectivity index (χ2n) is 5.19. The number of aryl methyl sites for hydroxylation is 1. The SMILES string of the molecule is CNCc1cnc(C)nc1N1CCCCCC1C. The Labute approximate surface area is 110 Å². The van der Waals surface area contributed by atoms with E-state index in [1.54, 1.807) is 0 Å². The van der Waals surface area contributed by atoms with Gasteiger partial charge in [0.05, 0.1) is 0 Å². The van der Waals surface area contributed by atoms with E-state index in [0.717, 1.165) is 24.7 Å². The van der Waals surface area contributed by atoms with E-state index in [1.807, 2.05) is 20.2 Å². The predicted molar refractivity (Wildman–Crippen MR) is 74.8 cm³/mol. The first-order chi connectivity index (χ1) is 8.72. The number of nitrogens with zero attached hydrogens (tertiary/aromatic N) is 3. The lowest BCUT2D eigenvalue weighted by Crippen LogP contribution is -2.34. The van der Waals surface area contributed by atoms with Gasteiger partial charge in [0.2, 0.25) is 0 Å². The first kappa shape index (κ1) is 13.3. The van der Waals surface area contributed by atoms with Gasteiger partial charge in [-0.3, -0.25) is 0 Å². The van der Waals surface area contributed by atoms with Crippen LogP contribution in [-0.2, 0) is 6.54 Å². The zero-order chi connectivity index (χ0) is 13.0. The van der Waals surface area contributed by atoms with E-state index in [1.165, 1.54) is 31.2 Å². The Bertz CT molecular complexity index is 391. The van der Waals surface area contributed by atoms with Crippen molar-refractivity contribution in [1.29, 1.82) is 0 Å². The molecule has 0 radical (unpaired) electrons. The molecule has 100 valence electrons. The van der Waals surface area contributed by atoms with E-state index >= 15 is 0 Å². The molecule has 0 aromatic carbocycles. The number of anilines is 1. The van der Waals surface area contributed by atoms with Gasteiger partial charge in [0.1, 0.15) is 11.6 Å². The Morgan fingerprint density at radius 2 is 2.22 bits per heavy atom. The smallest absolute Gasteiger partial charge is 0.137 e. The van der Waals surface area contributed by atoms with Gasteiger partial charge in [-0.2, -0.15) is 0 Å². The molecular formula is C14H24N4. The molecule has 1 aliphatic rings. The highest BCUT2D eigenvalue weighted by Gasteiger charge is 2.21. The van der Waals surface area contributed by atoms with Gasteiger partial charge in [0.25, 0.3) is 0 Å². The zero-order valence-electron chi connectivity index (χ0n) is 11.7. The van der Waals surface area contributed by atoms with Crippen LogP contribution in [0.25, 0.3) is 0 Å². The molecule has 18 heavy (non-hydrogen) atoms. The van der Waals surface area contributed by atoms with Crippen LogP contribution in [0.15, 0.2) is 6.20 Å². The summed E-state index contributed by atoms with van der Waals surface area (Å²) in [6, 6.07) is 0.581. The maximum absolute atomic E-state index is 4.68. The molecule has 2 heterocycles. The Kier molecular flexibility index (Phi) is 4.53. The molecular weight excluding hydrogens is 224 g/mol. The first-order valence-corrected chi connectivity index (χ1v) is 6.96. The average molecular weight is 248 g/mol. The Hall–Kier alpha value is -1.16. The fourth-order valence-electron chi connectivity index (χ4n) is 2.64. The van der Waals surface area contributed by atoms with Crippen LogP contribution in [0.5, 0.6) is 0 Å². The van der Waals surface area contributed by atoms with Crippen LogP contribution in [0.2, 0.25) is 0 Å². The third-order valence-corrected chi connectivity index (χ3v) is 3.65. The average Bonchev–Trinajstić information content (AvgIpc) is 2.56. The summed E-state index contributed by atoms with van der Waals surface area (Å²) in [5, 5.41) is 3.21. The number of aromatic nitrogens is 2. The summed E-state index contributed by atoms with van der Waals surface area (Å²) in [4.78, 5) is 11.5. The number of nitrogens with one attached hydrogen (secondary N) is 1. The standard InChI is InChI=1S/C14H24N4/c1-11-7-5-4-6-8-18(11)14-13(9-15-3)10-16-12(2)17-14/h10-11,15H,4-9H2,1-3H3. The molecule has 1 unspecified atom stereocenters. The highest BCUT2D eigenvalue weighted by Crippen LogP contribution is 2.25. The quantitative estimate of drug-likeness (QED) is 0.891. The van der Waals surface area contributed by atoms with Crippen LogP contribution in [0.4, 0.5) is 5.82 Å². The highest BCUT2D eigenvalue weighted by molar-refractivity contribution is 5.47. The summed E-state index contributed by atoms with van der Waals surface area (Å²) < 4.78 is 0. The lowest BCUT2D eigenvalue weighted by atomic mass is 10.1. The van der Waals surface area contributed by atoms with Gasteiger partial charge >= 0.3 is 0 Å². The largest absolute Gasteiger partial charge is 0.354 e. The van der Waals surface area contributed by atoms with E-state index in [4.69, 9.17) is 0 Å². The summed E-state index contributed by atoms with van der Waals surface area (Å²) in [5.41, 5.74) is 1.21. The van der Waals surface area contributed by atoms with Crippen molar-refractivity contribution in [1.82, 2.24) is 15.3 Å². The van der Waals surface area contributed by atoms with Gasteiger partial charge < -0.3 is 10.2 Å². The van der Waals surface area contributed by atoms with Crippen molar-refractivity contribution in [2.24, 2.45) is 0 Å². The number of hydrogen-bond donors (Lipinski definition) is 1. The highest BCUT2D eigenvalue weighted by atomic mass is 15.2. The Balaban J connectivity index is 2.31. The molecule has 4 heteroatoms. The van der Waals surface area contributed by atoms with Crippen molar-refractivity contribution in [3.05, 3.63) is 17.6 Å². The summed E-state index contributed by atoms with van der Waals surface area (Å²) in [7, 11) is 1.97. The molecule has 1 saturated heterocycles. The topological polar surface area (TPSA) is 41.1 Å². The molecule has 1 fully saturated rings. The molecule has 0 saturated carbocycles. The molecule has 1 aliphatic heterocycles. The minimum atomic E-state index is 0.581. The molecule has 0 bridgehead atoms. The summed E-state index contributed by atoms with van der Waals surface area (Å²) >= 11 is 0. The van der Waals surface area contributed by atoms with Crippen LogP contribution < -0.4 is 10.2 Å². The Morgan fingerprint density at radius 1 is 1.39 bits per heavy atom. The van der Waals surface area contributed by atoms with Crippen molar-refractivity contribution in [2.45, 2.75) is 52.1 Å². The maximum atomic E-state index is 4.68. The molecule has 0 spiro atoms. The maximum Gasteiger partial charge on any atom is 0.137 e. The van der Waals surface area contributed by atoms with E-state index in [9.17, 15) is 0 Å². The summed E-state index contributed by atoms with van der Waals surface area (Å²) in [6.45, 7) is 6.23. The minimum Gasteiger partial charge on any atom is -0.354 e. The van der Waals surface area contributed by atoms with Crippen LogP contribution in [0.3, 0.4) is 0 Å². The van der Waals surface area contributed by atoms with Crippen molar-refractivity contribution >= 4 is 5.82 Å². The van der Waals surface area contributed by atoms with Gasteiger partial charge in [0.15, 0.2) is 0 Å². The third kappa shape index (κ3) is 2.99. The van der Waals surface area contributed by atoms with Crippen molar-refractivity contribution in [3.8, 4) is 0 Å². The molecule has 1 aromatic heterocycles. The van der Waals surface area contributed by atoms with Crippen LogP contribution in [-0.4, -0.2) is 29.6 Å². The summed E-state index contributed by atoms with van der Waals surface area (Å²) in [5.74, 6) is 1.99. The molecule has 0 amide bonds. The normalized spacial score (nSPS) is 20.8. The first-order valence-electron chi connectivity index (χ1n) is 6.96. The Morgan fingerprint density at radius 3 is 3.00 bits per heavy atom.